The standard InChI is InChI=1S/C7H14NOPS2/c1-4-6-9-10(8,11)12-7(3)5-2/h1,7H,5-6H2,2-3H3,(H2,8,11). The molecule has 2 nitrogen and oxygen atoms in total. The van der Waals surface area contributed by atoms with E-state index in [2.05, 4.69) is 19.8 Å². The highest BCUT2D eigenvalue weighted by molar-refractivity contribution is 8.68. The fourth-order valence-electron chi connectivity index (χ4n) is 0.483. The quantitative estimate of drug-likeness (QED) is 0.573. The van der Waals surface area contributed by atoms with Crippen molar-refractivity contribution < 1.29 is 4.52 Å². The van der Waals surface area contributed by atoms with Gasteiger partial charge in [0.2, 0.25) is 0 Å². The molecular formula is C7H14NOPS2. The molecule has 5 heteroatoms. The average Bonchev–Trinajstić information content (AvgIpc) is 2.00. The molecule has 0 saturated carbocycles. The van der Waals surface area contributed by atoms with Gasteiger partial charge in [-0.25, -0.2) is 0 Å². The Balaban J connectivity index is 3.88. The molecule has 2 N–H and O–H groups in total. The van der Waals surface area contributed by atoms with Gasteiger partial charge in [0.05, 0.1) is 0 Å². The van der Waals surface area contributed by atoms with Gasteiger partial charge >= 0.3 is 0 Å². The summed E-state index contributed by atoms with van der Waals surface area (Å²) in [5.74, 6) is 2.36. The first-order chi connectivity index (χ1) is 5.52. The van der Waals surface area contributed by atoms with E-state index < -0.39 is 5.62 Å². The minimum Gasteiger partial charge on any atom is -0.318 e. The smallest absolute Gasteiger partial charge is 0.184 e. The second-order valence-corrected chi connectivity index (χ2v) is 9.28. The van der Waals surface area contributed by atoms with Gasteiger partial charge in [-0.15, -0.1) is 6.42 Å². The third-order valence-corrected chi connectivity index (χ3v) is 6.07. The highest BCUT2D eigenvalue weighted by Gasteiger charge is 2.15. The van der Waals surface area contributed by atoms with Crippen molar-refractivity contribution in [2.75, 3.05) is 6.61 Å². The second-order valence-electron chi connectivity index (χ2n) is 2.34. The third kappa shape index (κ3) is 6.05. The van der Waals surface area contributed by atoms with E-state index in [4.69, 9.17) is 28.3 Å². The predicted molar refractivity (Wildman–Crippen MR) is 60.6 cm³/mol. The van der Waals surface area contributed by atoms with Gasteiger partial charge in [0.1, 0.15) is 6.61 Å². The summed E-state index contributed by atoms with van der Waals surface area (Å²) in [6.07, 6.45) is 6.07. The summed E-state index contributed by atoms with van der Waals surface area (Å²) < 4.78 is 5.18. The molecule has 2 atom stereocenters. The molecule has 0 aromatic heterocycles. The van der Waals surface area contributed by atoms with E-state index in [-0.39, 0.29) is 6.61 Å². The molecule has 0 aromatic rings. The van der Waals surface area contributed by atoms with Crippen LogP contribution in [-0.2, 0) is 16.3 Å². The number of rotatable bonds is 5. The maximum atomic E-state index is 5.75. The second kappa shape index (κ2) is 6.01. The fraction of sp³-hybridized carbons (Fsp3) is 0.714. The summed E-state index contributed by atoms with van der Waals surface area (Å²) in [6, 6.07) is 0. The van der Waals surface area contributed by atoms with Crippen LogP contribution < -0.4 is 5.50 Å². The molecule has 0 fully saturated rings. The maximum Gasteiger partial charge on any atom is 0.184 e. The van der Waals surface area contributed by atoms with E-state index in [0.29, 0.717) is 5.25 Å². The first-order valence-electron chi connectivity index (χ1n) is 3.67. The molecule has 0 rings (SSSR count). The zero-order valence-electron chi connectivity index (χ0n) is 7.32. The lowest BCUT2D eigenvalue weighted by Crippen LogP contribution is -2.01. The van der Waals surface area contributed by atoms with Crippen LogP contribution >= 0.6 is 17.0 Å². The zero-order chi connectivity index (χ0) is 9.61. The van der Waals surface area contributed by atoms with Gasteiger partial charge in [-0.05, 0) is 18.2 Å². The largest absolute Gasteiger partial charge is 0.318 e. The molecule has 0 bridgehead atoms. The molecule has 0 radical (unpaired) electrons. The molecule has 2 unspecified atom stereocenters. The molecule has 0 heterocycles. The van der Waals surface area contributed by atoms with Crippen molar-refractivity contribution >= 4 is 28.8 Å². The van der Waals surface area contributed by atoms with Gasteiger partial charge < -0.3 is 4.52 Å². The van der Waals surface area contributed by atoms with Crippen molar-refractivity contribution in [3.05, 3.63) is 0 Å². The summed E-state index contributed by atoms with van der Waals surface area (Å²) in [4.78, 5) is 0. The Labute approximate surface area is 83.5 Å². The third-order valence-electron chi connectivity index (χ3n) is 1.23. The average molecular weight is 223 g/mol. The molecule has 0 aliphatic rings. The van der Waals surface area contributed by atoms with Crippen molar-refractivity contribution in [1.29, 1.82) is 0 Å². The number of terminal acetylenes is 1. The van der Waals surface area contributed by atoms with Crippen LogP contribution in [0.15, 0.2) is 0 Å². The minimum absolute atomic E-state index is 0.219. The molecule has 0 saturated heterocycles. The van der Waals surface area contributed by atoms with Crippen LogP contribution in [0.3, 0.4) is 0 Å². The molecule has 70 valence electrons. The maximum absolute atomic E-state index is 5.75. The Bertz CT molecular complexity index is 214. The lowest BCUT2D eigenvalue weighted by Gasteiger charge is -2.18. The van der Waals surface area contributed by atoms with Crippen molar-refractivity contribution in [3.63, 3.8) is 0 Å². The zero-order valence-corrected chi connectivity index (χ0v) is 9.85. The van der Waals surface area contributed by atoms with Crippen LogP contribution in [0.1, 0.15) is 20.3 Å². The van der Waals surface area contributed by atoms with Crippen molar-refractivity contribution in [1.82, 2.24) is 0 Å². The van der Waals surface area contributed by atoms with E-state index in [1.54, 1.807) is 0 Å². The molecule has 0 spiro atoms. The highest BCUT2D eigenvalue weighted by Crippen LogP contribution is 2.54. The SMILES string of the molecule is C#CCOP(N)(=S)SC(C)CC. The monoisotopic (exact) mass is 223 g/mol. The van der Waals surface area contributed by atoms with Gasteiger partial charge in [0, 0.05) is 5.25 Å². The van der Waals surface area contributed by atoms with Crippen molar-refractivity contribution in [2.45, 2.75) is 25.5 Å². The summed E-state index contributed by atoms with van der Waals surface area (Å²) in [5, 5.41) is 0.443. The van der Waals surface area contributed by atoms with Crippen LogP contribution in [0, 0.1) is 12.3 Å². The van der Waals surface area contributed by atoms with E-state index in [9.17, 15) is 0 Å². The Morgan fingerprint density at radius 2 is 2.42 bits per heavy atom. The van der Waals surface area contributed by atoms with E-state index in [0.717, 1.165) is 6.42 Å². The van der Waals surface area contributed by atoms with E-state index in [1.165, 1.54) is 11.4 Å². The summed E-state index contributed by atoms with van der Waals surface area (Å²) in [6.45, 7) is 4.39. The van der Waals surface area contributed by atoms with Crippen molar-refractivity contribution in [2.24, 2.45) is 5.50 Å². The van der Waals surface area contributed by atoms with Gasteiger partial charge in [0.25, 0.3) is 0 Å². The summed E-state index contributed by atoms with van der Waals surface area (Å²) in [5.41, 5.74) is 3.58. The van der Waals surface area contributed by atoms with E-state index >= 15 is 0 Å². The van der Waals surface area contributed by atoms with E-state index in [1.807, 2.05) is 0 Å². The topological polar surface area (TPSA) is 35.2 Å². The van der Waals surface area contributed by atoms with Gasteiger partial charge in [-0.1, -0.05) is 31.1 Å². The van der Waals surface area contributed by atoms with Crippen LogP contribution in [-0.4, -0.2) is 11.9 Å². The van der Waals surface area contributed by atoms with Crippen molar-refractivity contribution in [3.8, 4) is 12.3 Å². The summed E-state index contributed by atoms with van der Waals surface area (Å²) >= 11 is 6.61. The Hall–Kier alpha value is 0.480. The first kappa shape index (κ1) is 12.5. The molecule has 0 amide bonds. The molecule has 0 aromatic carbocycles. The Kier molecular flexibility index (Phi) is 6.25. The molecule has 0 aliphatic carbocycles. The van der Waals surface area contributed by atoms with Crippen LogP contribution in [0.5, 0.6) is 0 Å². The van der Waals surface area contributed by atoms with Crippen LogP contribution in [0.2, 0.25) is 0 Å². The summed E-state index contributed by atoms with van der Waals surface area (Å²) in [7, 11) is 0. The predicted octanol–water partition coefficient (Wildman–Crippen LogP) is 2.35. The number of nitrogens with two attached hydrogens (primary N) is 1. The van der Waals surface area contributed by atoms with Gasteiger partial charge in [-0.3, -0.25) is 5.50 Å². The normalized spacial score (nSPS) is 17.8. The molecule has 0 aliphatic heterocycles. The van der Waals surface area contributed by atoms with Crippen LogP contribution in [0.4, 0.5) is 0 Å². The van der Waals surface area contributed by atoms with Gasteiger partial charge in [-0.2, -0.15) is 0 Å². The minimum atomic E-state index is -2.17. The fourth-order valence-corrected chi connectivity index (χ4v) is 5.22. The van der Waals surface area contributed by atoms with Gasteiger partial charge in [0.15, 0.2) is 5.62 Å². The Morgan fingerprint density at radius 3 is 2.83 bits per heavy atom. The molecular weight excluding hydrogens is 209 g/mol. The van der Waals surface area contributed by atoms with Crippen LogP contribution in [0.25, 0.3) is 0 Å². The number of hydrogen-bond acceptors (Lipinski definition) is 3. The number of hydrogen-bond donors (Lipinski definition) is 1. The lowest BCUT2D eigenvalue weighted by molar-refractivity contribution is 0.420. The highest BCUT2D eigenvalue weighted by atomic mass is 32.9. The molecule has 12 heavy (non-hydrogen) atoms. The first-order valence-corrected chi connectivity index (χ1v) is 7.94. The Morgan fingerprint density at radius 1 is 1.83 bits per heavy atom. The lowest BCUT2D eigenvalue weighted by atomic mass is 10.4.